The van der Waals surface area contributed by atoms with Crippen molar-refractivity contribution >= 4 is 23.3 Å². The summed E-state index contributed by atoms with van der Waals surface area (Å²) in [4.78, 5) is 32.1. The van der Waals surface area contributed by atoms with Gasteiger partial charge in [-0.2, -0.15) is 0 Å². The average Bonchev–Trinajstić information content (AvgIpc) is 3.12. The highest BCUT2D eigenvalue weighted by molar-refractivity contribution is 7.03. The molecule has 0 aromatic carbocycles. The lowest BCUT2D eigenvalue weighted by molar-refractivity contribution is -0.126. The smallest absolute Gasteiger partial charge is 0.276 e. The van der Waals surface area contributed by atoms with Crippen LogP contribution in [0.15, 0.2) is 29.9 Å². The molecule has 0 bridgehead atoms. The van der Waals surface area contributed by atoms with Gasteiger partial charge in [0.2, 0.25) is 5.91 Å². The van der Waals surface area contributed by atoms with Crippen LogP contribution >= 0.6 is 11.5 Å². The second kappa shape index (κ2) is 7.49. The summed E-state index contributed by atoms with van der Waals surface area (Å²) in [6.45, 7) is 0. The molecule has 0 radical (unpaired) electrons. The van der Waals surface area contributed by atoms with Gasteiger partial charge in [0, 0.05) is 35.4 Å². The van der Waals surface area contributed by atoms with Crippen molar-refractivity contribution in [3.05, 3.63) is 41.2 Å². The largest absolute Gasteiger partial charge is 0.351 e. The topological polar surface area (TPSA) is 88.1 Å². The van der Waals surface area contributed by atoms with E-state index in [0.717, 1.165) is 55.6 Å². The molecule has 1 atom stereocenters. The average molecular weight is 371 g/mol. The number of pyridine rings is 1. The van der Waals surface area contributed by atoms with Crippen molar-refractivity contribution in [2.24, 2.45) is 0 Å². The van der Waals surface area contributed by atoms with Crippen LogP contribution in [0.5, 0.6) is 0 Å². The Hall–Kier alpha value is -2.35. The van der Waals surface area contributed by atoms with Crippen molar-refractivity contribution < 1.29 is 9.59 Å². The molecule has 0 saturated heterocycles. The zero-order valence-electron chi connectivity index (χ0n) is 14.4. The fourth-order valence-electron chi connectivity index (χ4n) is 3.56. The highest BCUT2D eigenvalue weighted by atomic mass is 32.1. The van der Waals surface area contributed by atoms with Gasteiger partial charge in [-0.25, -0.2) is 0 Å². The molecule has 1 N–H and O–H groups in total. The van der Waals surface area contributed by atoms with Crippen LogP contribution in [0.3, 0.4) is 0 Å². The number of aromatic nitrogens is 3. The van der Waals surface area contributed by atoms with Crippen LogP contribution in [0.25, 0.3) is 0 Å². The second-order valence-corrected chi connectivity index (χ2v) is 7.52. The lowest BCUT2D eigenvalue weighted by atomic mass is 10.0. The minimum absolute atomic E-state index is 0.0590. The summed E-state index contributed by atoms with van der Waals surface area (Å²) >= 11 is 1.14. The third-order valence-electron chi connectivity index (χ3n) is 4.98. The monoisotopic (exact) mass is 371 g/mol. The van der Waals surface area contributed by atoms with Crippen molar-refractivity contribution in [2.45, 2.75) is 56.7 Å². The summed E-state index contributed by atoms with van der Waals surface area (Å²) in [5.41, 5.74) is 1.02. The number of carbonyl (C=O) groups excluding carboxylic acids is 2. The molecular formula is C18H21N5O2S. The number of nitrogens with one attached hydrogen (secondary N) is 1. The molecule has 2 amide bonds. The molecular weight excluding hydrogens is 350 g/mol. The maximum atomic E-state index is 13.2. The van der Waals surface area contributed by atoms with Gasteiger partial charge in [-0.1, -0.05) is 23.4 Å². The third kappa shape index (κ3) is 3.60. The van der Waals surface area contributed by atoms with Gasteiger partial charge in [0.1, 0.15) is 6.04 Å². The summed E-state index contributed by atoms with van der Waals surface area (Å²) in [7, 11) is 0. The van der Waals surface area contributed by atoms with Crippen LogP contribution in [0.4, 0.5) is 0 Å². The van der Waals surface area contributed by atoms with Crippen molar-refractivity contribution in [3.63, 3.8) is 0 Å². The second-order valence-electron chi connectivity index (χ2n) is 6.91. The molecule has 4 rings (SSSR count). The first-order valence-electron chi connectivity index (χ1n) is 9.04. The molecule has 2 aromatic rings. The molecule has 26 heavy (non-hydrogen) atoms. The lowest BCUT2D eigenvalue weighted by Crippen LogP contribution is -2.47. The van der Waals surface area contributed by atoms with Crippen LogP contribution in [0.2, 0.25) is 0 Å². The minimum atomic E-state index is -0.689. The van der Waals surface area contributed by atoms with E-state index in [1.54, 1.807) is 28.7 Å². The molecule has 2 fully saturated rings. The first-order chi connectivity index (χ1) is 12.7. The molecule has 0 aliphatic heterocycles. The van der Waals surface area contributed by atoms with Gasteiger partial charge in [-0.05, 0) is 43.3 Å². The van der Waals surface area contributed by atoms with Crippen LogP contribution in [0, 0.1) is 0 Å². The molecule has 2 aliphatic carbocycles. The van der Waals surface area contributed by atoms with Crippen molar-refractivity contribution in [1.82, 2.24) is 24.8 Å². The highest BCUT2D eigenvalue weighted by Gasteiger charge is 2.42. The van der Waals surface area contributed by atoms with Crippen LogP contribution < -0.4 is 5.32 Å². The predicted octanol–water partition coefficient (Wildman–Crippen LogP) is 2.34. The Labute approximate surface area is 156 Å². The number of amides is 2. The lowest BCUT2D eigenvalue weighted by Gasteiger charge is -2.31. The normalized spacial score (nSPS) is 18.5. The Morgan fingerprint density at radius 1 is 1.23 bits per heavy atom. The molecule has 2 aliphatic rings. The number of hydrogen-bond acceptors (Lipinski definition) is 6. The first-order valence-corrected chi connectivity index (χ1v) is 9.87. The third-order valence-corrected chi connectivity index (χ3v) is 5.49. The fraction of sp³-hybridized carbons (Fsp3) is 0.500. The molecule has 8 heteroatoms. The molecule has 2 aromatic heterocycles. The van der Waals surface area contributed by atoms with Gasteiger partial charge < -0.3 is 10.2 Å². The Morgan fingerprint density at radius 3 is 2.65 bits per heavy atom. The molecule has 2 saturated carbocycles. The molecule has 7 nitrogen and oxygen atoms in total. The van der Waals surface area contributed by atoms with Gasteiger partial charge in [0.25, 0.3) is 5.91 Å². The number of nitrogens with zero attached hydrogens (tertiary/aromatic N) is 4. The molecule has 136 valence electrons. The summed E-state index contributed by atoms with van der Waals surface area (Å²) < 4.78 is 3.80. The maximum absolute atomic E-state index is 13.2. The standard InChI is InChI=1S/C18H21N5O2S/c24-17(20-13-5-1-2-6-13)16(12-4-3-9-19-10-12)23(14-7-8-14)18(25)15-11-26-22-21-15/h3-4,9-11,13-14,16H,1-2,5-8H2,(H,20,24)/t16-/m0/s1. The number of rotatable bonds is 6. The Bertz CT molecular complexity index is 757. The van der Waals surface area contributed by atoms with Gasteiger partial charge >= 0.3 is 0 Å². The minimum Gasteiger partial charge on any atom is -0.351 e. The van der Waals surface area contributed by atoms with E-state index in [0.29, 0.717) is 5.69 Å². The van der Waals surface area contributed by atoms with Gasteiger partial charge in [0.15, 0.2) is 5.69 Å². The quantitative estimate of drug-likeness (QED) is 0.842. The van der Waals surface area contributed by atoms with E-state index >= 15 is 0 Å². The van der Waals surface area contributed by atoms with E-state index in [1.165, 1.54) is 0 Å². The summed E-state index contributed by atoms with van der Waals surface area (Å²) in [6.07, 6.45) is 9.41. The molecule has 0 spiro atoms. The van der Waals surface area contributed by atoms with Crippen LogP contribution in [-0.4, -0.2) is 43.4 Å². The molecule has 2 heterocycles. The highest BCUT2D eigenvalue weighted by Crippen LogP contribution is 2.36. The zero-order valence-corrected chi connectivity index (χ0v) is 15.2. The SMILES string of the molecule is O=C(NC1CCCC1)[C@H](c1cccnc1)N(C(=O)c1csnn1)C1CC1. The van der Waals surface area contributed by atoms with Gasteiger partial charge in [0.05, 0.1) is 0 Å². The van der Waals surface area contributed by atoms with Crippen LogP contribution in [0.1, 0.15) is 60.6 Å². The maximum Gasteiger partial charge on any atom is 0.276 e. The zero-order chi connectivity index (χ0) is 17.9. The van der Waals surface area contributed by atoms with Crippen molar-refractivity contribution in [1.29, 1.82) is 0 Å². The van der Waals surface area contributed by atoms with Crippen molar-refractivity contribution in [3.8, 4) is 0 Å². The first kappa shape index (κ1) is 17.1. The van der Waals surface area contributed by atoms with E-state index in [2.05, 4.69) is 19.9 Å². The van der Waals surface area contributed by atoms with E-state index in [9.17, 15) is 9.59 Å². The fourth-order valence-corrected chi connectivity index (χ4v) is 3.99. The van der Waals surface area contributed by atoms with Gasteiger partial charge in [-0.3, -0.25) is 14.6 Å². The Balaban J connectivity index is 1.65. The summed E-state index contributed by atoms with van der Waals surface area (Å²) in [6, 6.07) is 3.22. The Morgan fingerprint density at radius 2 is 2.04 bits per heavy atom. The van der Waals surface area contributed by atoms with Crippen LogP contribution in [-0.2, 0) is 4.79 Å². The van der Waals surface area contributed by atoms with E-state index in [4.69, 9.17) is 0 Å². The van der Waals surface area contributed by atoms with E-state index in [-0.39, 0.29) is 23.9 Å². The summed E-state index contributed by atoms with van der Waals surface area (Å²) in [5.74, 6) is -0.370. The predicted molar refractivity (Wildman–Crippen MR) is 96.5 cm³/mol. The van der Waals surface area contributed by atoms with E-state index in [1.807, 2.05) is 6.07 Å². The Kier molecular flexibility index (Phi) is 4.92. The van der Waals surface area contributed by atoms with Crippen molar-refractivity contribution in [2.75, 3.05) is 0 Å². The number of hydrogen-bond donors (Lipinski definition) is 1. The number of carbonyl (C=O) groups is 2. The van der Waals surface area contributed by atoms with E-state index < -0.39 is 6.04 Å². The molecule has 0 unspecified atom stereocenters. The summed E-state index contributed by atoms with van der Waals surface area (Å²) in [5, 5.41) is 8.69. The van der Waals surface area contributed by atoms with Gasteiger partial charge in [-0.15, -0.1) is 5.10 Å².